The van der Waals surface area contributed by atoms with Gasteiger partial charge in [-0.15, -0.1) is 0 Å². The summed E-state index contributed by atoms with van der Waals surface area (Å²) in [5.41, 5.74) is 0. The molecule has 1 radical (unpaired) electrons. The number of methoxy groups -OCH3 is 1. The minimum absolute atomic E-state index is 0.904. The minimum Gasteiger partial charge on any atom is -0.497 e. The Kier molecular flexibility index (Phi) is 4.17. The summed E-state index contributed by atoms with van der Waals surface area (Å²) in [5, 5.41) is 4.18. The Bertz CT molecular complexity index is 638. The van der Waals surface area contributed by atoms with Crippen molar-refractivity contribution in [3.8, 4) is 5.75 Å². The monoisotopic (exact) mass is 289 g/mol. The smallest absolute Gasteiger partial charge is 0.154 e. The van der Waals surface area contributed by atoms with Crippen LogP contribution in [0.2, 0.25) is 0 Å². The summed E-state index contributed by atoms with van der Waals surface area (Å²) in [5.74, 6) is 0.904. The van der Waals surface area contributed by atoms with Gasteiger partial charge in [-0.25, -0.2) is 0 Å². The van der Waals surface area contributed by atoms with Crippen molar-refractivity contribution >= 4 is 24.4 Å². The first kappa shape index (κ1) is 13.7. The number of benzene rings is 3. The van der Waals surface area contributed by atoms with Crippen LogP contribution in [-0.2, 0) is 0 Å². The van der Waals surface area contributed by atoms with Crippen LogP contribution in [0.5, 0.6) is 5.75 Å². The van der Waals surface area contributed by atoms with Gasteiger partial charge in [0.05, 0.1) is 7.11 Å². The Morgan fingerprint density at radius 3 is 1.43 bits per heavy atom. The molecule has 103 valence electrons. The normalized spacial score (nSPS) is 10.6. The quantitative estimate of drug-likeness (QED) is 0.528. The fourth-order valence-electron chi connectivity index (χ4n) is 2.47. The molecule has 21 heavy (non-hydrogen) atoms. The van der Waals surface area contributed by atoms with Crippen molar-refractivity contribution in [2.24, 2.45) is 0 Å². The van der Waals surface area contributed by atoms with Crippen molar-refractivity contribution in [3.05, 3.63) is 84.9 Å². The number of ether oxygens (including phenoxy) is 1. The van der Waals surface area contributed by atoms with Crippen molar-refractivity contribution in [1.29, 1.82) is 0 Å². The van der Waals surface area contributed by atoms with Crippen LogP contribution in [0.1, 0.15) is 0 Å². The molecule has 0 atom stereocenters. The van der Waals surface area contributed by atoms with Gasteiger partial charge in [0.15, 0.2) is 8.80 Å². The Morgan fingerprint density at radius 1 is 0.571 bits per heavy atom. The van der Waals surface area contributed by atoms with Crippen LogP contribution >= 0.6 is 0 Å². The fraction of sp³-hybridized carbons (Fsp3) is 0.0526. The zero-order valence-electron chi connectivity index (χ0n) is 12.0. The summed E-state index contributed by atoms with van der Waals surface area (Å²) in [6.45, 7) is 0. The van der Waals surface area contributed by atoms with Gasteiger partial charge in [0.1, 0.15) is 5.75 Å². The maximum absolute atomic E-state index is 5.27. The highest BCUT2D eigenvalue weighted by Crippen LogP contribution is 2.06. The summed E-state index contributed by atoms with van der Waals surface area (Å²) in [4.78, 5) is 0. The molecule has 0 N–H and O–H groups in total. The van der Waals surface area contributed by atoms with Crippen molar-refractivity contribution in [2.45, 2.75) is 0 Å². The maximum Gasteiger partial charge on any atom is 0.154 e. The fourth-order valence-corrected chi connectivity index (χ4v) is 5.02. The molecule has 0 bridgehead atoms. The van der Waals surface area contributed by atoms with Crippen LogP contribution in [0.4, 0.5) is 0 Å². The van der Waals surface area contributed by atoms with Gasteiger partial charge in [0.25, 0.3) is 0 Å². The van der Waals surface area contributed by atoms with Gasteiger partial charge >= 0.3 is 0 Å². The second kappa shape index (κ2) is 6.42. The molecular weight excluding hydrogens is 272 g/mol. The summed E-state index contributed by atoms with van der Waals surface area (Å²) in [6, 6.07) is 30.0. The maximum atomic E-state index is 5.27. The van der Waals surface area contributed by atoms with E-state index in [2.05, 4.69) is 72.8 Å². The van der Waals surface area contributed by atoms with E-state index in [0.29, 0.717) is 0 Å². The van der Waals surface area contributed by atoms with Crippen LogP contribution in [0.15, 0.2) is 84.9 Å². The predicted molar refractivity (Wildman–Crippen MR) is 90.5 cm³/mol. The van der Waals surface area contributed by atoms with E-state index in [-0.39, 0.29) is 0 Å². The van der Waals surface area contributed by atoms with Gasteiger partial charge in [0, 0.05) is 0 Å². The lowest BCUT2D eigenvalue weighted by atomic mass is 10.3. The average molecular weight is 289 g/mol. The van der Waals surface area contributed by atoms with Gasteiger partial charge in [0.2, 0.25) is 0 Å². The molecule has 0 heterocycles. The van der Waals surface area contributed by atoms with E-state index >= 15 is 0 Å². The Hall–Kier alpha value is -2.32. The van der Waals surface area contributed by atoms with Crippen molar-refractivity contribution in [2.75, 3.05) is 7.11 Å². The van der Waals surface area contributed by atoms with E-state index in [9.17, 15) is 0 Å². The number of rotatable bonds is 4. The lowest BCUT2D eigenvalue weighted by molar-refractivity contribution is 0.415. The van der Waals surface area contributed by atoms with Crippen LogP contribution in [-0.4, -0.2) is 15.9 Å². The third-order valence-corrected chi connectivity index (χ3v) is 6.24. The largest absolute Gasteiger partial charge is 0.497 e. The van der Waals surface area contributed by atoms with Gasteiger partial charge < -0.3 is 4.74 Å². The van der Waals surface area contributed by atoms with E-state index in [1.54, 1.807) is 7.11 Å². The van der Waals surface area contributed by atoms with E-state index < -0.39 is 8.80 Å². The first-order valence-corrected chi connectivity index (χ1v) is 8.51. The highest BCUT2D eigenvalue weighted by atomic mass is 28.3. The molecule has 2 heteroatoms. The van der Waals surface area contributed by atoms with Crippen LogP contribution in [0.25, 0.3) is 0 Å². The zero-order valence-corrected chi connectivity index (χ0v) is 13.0. The van der Waals surface area contributed by atoms with E-state index in [1.165, 1.54) is 15.6 Å². The summed E-state index contributed by atoms with van der Waals surface area (Å²) in [7, 11) is 0.746. The van der Waals surface area contributed by atoms with Crippen molar-refractivity contribution in [1.82, 2.24) is 0 Å². The number of hydrogen-bond acceptors (Lipinski definition) is 1. The Labute approximate surface area is 127 Å². The van der Waals surface area contributed by atoms with E-state index in [1.807, 2.05) is 12.1 Å². The van der Waals surface area contributed by atoms with E-state index in [0.717, 1.165) is 5.75 Å². The summed E-state index contributed by atoms with van der Waals surface area (Å²) >= 11 is 0. The zero-order chi connectivity index (χ0) is 14.5. The van der Waals surface area contributed by atoms with Crippen LogP contribution in [0.3, 0.4) is 0 Å². The molecule has 3 aromatic carbocycles. The van der Waals surface area contributed by atoms with Crippen LogP contribution in [0, 0.1) is 0 Å². The molecule has 0 aliphatic rings. The van der Waals surface area contributed by atoms with E-state index in [4.69, 9.17) is 4.74 Å². The van der Waals surface area contributed by atoms with Gasteiger partial charge in [-0.2, -0.15) is 0 Å². The Balaban J connectivity index is 2.07. The molecule has 0 unspecified atom stereocenters. The summed E-state index contributed by atoms with van der Waals surface area (Å²) < 4.78 is 5.27. The molecule has 0 fully saturated rings. The molecule has 0 spiro atoms. The lowest BCUT2D eigenvalue weighted by Crippen LogP contribution is -2.51. The molecule has 0 saturated heterocycles. The second-order valence-corrected chi connectivity index (χ2v) is 7.32. The SMILES string of the molecule is COc1ccc([Si](c2ccccc2)c2ccccc2)cc1. The molecular formula is C19H17OSi. The molecule has 0 amide bonds. The molecule has 0 saturated carbocycles. The van der Waals surface area contributed by atoms with Gasteiger partial charge in [-0.1, -0.05) is 88.4 Å². The lowest BCUT2D eigenvalue weighted by Gasteiger charge is -2.16. The Morgan fingerprint density at radius 2 is 1.00 bits per heavy atom. The van der Waals surface area contributed by atoms with Crippen molar-refractivity contribution < 1.29 is 4.74 Å². The highest BCUT2D eigenvalue weighted by Gasteiger charge is 2.18. The third-order valence-electron chi connectivity index (χ3n) is 3.50. The number of hydrogen-bond donors (Lipinski definition) is 0. The molecule has 0 aliphatic carbocycles. The molecule has 0 aromatic heterocycles. The first-order valence-electron chi connectivity index (χ1n) is 7.01. The predicted octanol–water partition coefficient (Wildman–Crippen LogP) is 2.21. The molecule has 3 rings (SSSR count). The third kappa shape index (κ3) is 3.06. The first-order chi connectivity index (χ1) is 10.4. The van der Waals surface area contributed by atoms with Crippen LogP contribution < -0.4 is 20.3 Å². The molecule has 3 aromatic rings. The second-order valence-electron chi connectivity index (χ2n) is 4.84. The topological polar surface area (TPSA) is 9.23 Å². The molecule has 0 aliphatic heterocycles. The summed E-state index contributed by atoms with van der Waals surface area (Å²) in [6.07, 6.45) is 0. The highest BCUT2D eigenvalue weighted by molar-refractivity contribution is 6.95. The average Bonchev–Trinajstić information content (AvgIpc) is 2.58. The molecule has 1 nitrogen and oxygen atoms in total. The van der Waals surface area contributed by atoms with Gasteiger partial charge in [-0.3, -0.25) is 0 Å². The minimum atomic E-state index is -0.957. The van der Waals surface area contributed by atoms with Crippen molar-refractivity contribution in [3.63, 3.8) is 0 Å². The standard InChI is InChI=1S/C19H17OSi/c1-20-16-12-14-19(15-13-16)21(17-8-4-2-5-9-17)18-10-6-3-7-11-18/h2-15H,1H3. The van der Waals surface area contributed by atoms with Gasteiger partial charge in [-0.05, 0) is 12.1 Å².